The number of nitrogens with one attached hydrogen (secondary N) is 1. The van der Waals surface area contributed by atoms with Crippen LogP contribution in [0.5, 0.6) is 0 Å². The standard InChI is InChI=1S/C27H28Cl2IN3O4S/c1-3-15-31-27(35)19(2)32(17-20-9-10-21(28)16-25(20)29)26(34)18-33(23-13-11-22(30)12-14-23)38(36,37)24-7-5-4-6-8-24/h4-14,16,19H,3,15,17-18H2,1-2H3,(H,31,35). The van der Waals surface area contributed by atoms with Gasteiger partial charge in [0.25, 0.3) is 10.0 Å². The summed E-state index contributed by atoms with van der Waals surface area (Å²) in [4.78, 5) is 28.1. The van der Waals surface area contributed by atoms with Gasteiger partial charge in [-0.1, -0.05) is 54.4 Å². The number of carbonyl (C=O) groups is 2. The number of halogens is 3. The quantitative estimate of drug-likeness (QED) is 0.261. The molecule has 0 bridgehead atoms. The van der Waals surface area contributed by atoms with E-state index >= 15 is 0 Å². The zero-order valence-electron chi connectivity index (χ0n) is 20.9. The first kappa shape index (κ1) is 30.2. The van der Waals surface area contributed by atoms with Crippen LogP contribution in [0.4, 0.5) is 5.69 Å². The van der Waals surface area contributed by atoms with E-state index in [1.807, 2.05) is 6.92 Å². The van der Waals surface area contributed by atoms with Gasteiger partial charge in [-0.3, -0.25) is 13.9 Å². The first-order chi connectivity index (χ1) is 18.0. The minimum absolute atomic E-state index is 0.0124. The minimum Gasteiger partial charge on any atom is -0.354 e. The molecule has 0 aromatic heterocycles. The third kappa shape index (κ3) is 7.62. The van der Waals surface area contributed by atoms with Gasteiger partial charge >= 0.3 is 0 Å². The Kier molecular flexibility index (Phi) is 10.8. The second-order valence-electron chi connectivity index (χ2n) is 8.53. The summed E-state index contributed by atoms with van der Waals surface area (Å²) in [7, 11) is -4.10. The van der Waals surface area contributed by atoms with Gasteiger partial charge in [-0.25, -0.2) is 8.42 Å². The molecule has 2 amide bonds. The highest BCUT2D eigenvalue weighted by Crippen LogP contribution is 2.27. The molecule has 1 N–H and O–H groups in total. The van der Waals surface area contributed by atoms with Crippen LogP contribution < -0.4 is 9.62 Å². The van der Waals surface area contributed by atoms with Crippen molar-refractivity contribution in [3.63, 3.8) is 0 Å². The maximum Gasteiger partial charge on any atom is 0.264 e. The lowest BCUT2D eigenvalue weighted by Gasteiger charge is -2.32. The zero-order valence-corrected chi connectivity index (χ0v) is 25.4. The molecular formula is C27H28Cl2IN3O4S. The molecule has 0 fully saturated rings. The second kappa shape index (κ2) is 13.6. The molecule has 1 unspecified atom stereocenters. The zero-order chi connectivity index (χ0) is 27.9. The van der Waals surface area contributed by atoms with Gasteiger partial charge in [0.05, 0.1) is 10.6 Å². The van der Waals surface area contributed by atoms with Crippen LogP contribution in [0, 0.1) is 3.57 Å². The van der Waals surface area contributed by atoms with Crippen molar-refractivity contribution in [3.8, 4) is 0 Å². The van der Waals surface area contributed by atoms with Crippen molar-refractivity contribution in [1.82, 2.24) is 10.2 Å². The highest BCUT2D eigenvalue weighted by atomic mass is 127. The van der Waals surface area contributed by atoms with Crippen molar-refractivity contribution in [2.24, 2.45) is 0 Å². The van der Waals surface area contributed by atoms with Gasteiger partial charge in [0.1, 0.15) is 12.6 Å². The third-order valence-corrected chi connectivity index (χ3v) is 8.89. The van der Waals surface area contributed by atoms with Crippen molar-refractivity contribution in [2.75, 3.05) is 17.4 Å². The fraction of sp³-hybridized carbons (Fsp3) is 0.259. The van der Waals surface area contributed by atoms with E-state index in [0.717, 1.165) is 14.3 Å². The van der Waals surface area contributed by atoms with Crippen LogP contribution in [-0.2, 0) is 26.2 Å². The van der Waals surface area contributed by atoms with Crippen LogP contribution >= 0.6 is 45.8 Å². The summed E-state index contributed by atoms with van der Waals surface area (Å²) in [5.41, 5.74) is 0.904. The SMILES string of the molecule is CCCNC(=O)C(C)N(Cc1ccc(Cl)cc1Cl)C(=O)CN(c1ccc(I)cc1)S(=O)(=O)c1ccccc1. The van der Waals surface area contributed by atoms with E-state index in [4.69, 9.17) is 23.2 Å². The molecule has 0 radical (unpaired) electrons. The predicted octanol–water partition coefficient (Wildman–Crippen LogP) is 5.74. The average molecular weight is 688 g/mol. The summed E-state index contributed by atoms with van der Waals surface area (Å²) >= 11 is 14.5. The monoisotopic (exact) mass is 687 g/mol. The van der Waals surface area contributed by atoms with Crippen LogP contribution in [0.25, 0.3) is 0 Å². The van der Waals surface area contributed by atoms with E-state index in [2.05, 4.69) is 27.9 Å². The number of sulfonamides is 1. The van der Waals surface area contributed by atoms with Gasteiger partial charge in [-0.2, -0.15) is 0 Å². The molecule has 0 aliphatic heterocycles. The number of benzene rings is 3. The molecule has 0 heterocycles. The highest BCUT2D eigenvalue weighted by molar-refractivity contribution is 14.1. The van der Waals surface area contributed by atoms with Crippen molar-refractivity contribution in [1.29, 1.82) is 0 Å². The molecule has 1 atom stereocenters. The van der Waals surface area contributed by atoms with Gasteiger partial charge < -0.3 is 10.2 Å². The topological polar surface area (TPSA) is 86.8 Å². The molecule has 0 saturated carbocycles. The summed E-state index contributed by atoms with van der Waals surface area (Å²) in [5, 5.41) is 3.58. The summed E-state index contributed by atoms with van der Waals surface area (Å²) in [5.74, 6) is -0.912. The molecule has 7 nitrogen and oxygen atoms in total. The fourth-order valence-electron chi connectivity index (χ4n) is 3.67. The number of nitrogens with zero attached hydrogens (tertiary/aromatic N) is 2. The molecule has 3 aromatic carbocycles. The first-order valence-electron chi connectivity index (χ1n) is 11.9. The molecule has 3 rings (SSSR count). The Hall–Kier alpha value is -2.34. The fourth-order valence-corrected chi connectivity index (χ4v) is 5.93. The molecule has 0 spiro atoms. The molecule has 202 valence electrons. The van der Waals surface area contributed by atoms with E-state index in [9.17, 15) is 18.0 Å². The second-order valence-corrected chi connectivity index (χ2v) is 12.5. The lowest BCUT2D eigenvalue weighted by molar-refractivity contribution is -0.139. The third-order valence-electron chi connectivity index (χ3n) is 5.80. The number of hydrogen-bond donors (Lipinski definition) is 1. The van der Waals surface area contributed by atoms with Crippen LogP contribution in [0.2, 0.25) is 10.0 Å². The van der Waals surface area contributed by atoms with Crippen LogP contribution in [0.1, 0.15) is 25.8 Å². The molecule has 11 heteroatoms. The van der Waals surface area contributed by atoms with Crippen molar-refractivity contribution < 1.29 is 18.0 Å². The molecule has 0 aliphatic carbocycles. The van der Waals surface area contributed by atoms with Gasteiger partial charge in [0, 0.05) is 26.7 Å². The van der Waals surface area contributed by atoms with E-state index in [0.29, 0.717) is 27.8 Å². The normalized spacial score (nSPS) is 12.0. The highest BCUT2D eigenvalue weighted by Gasteiger charge is 2.32. The van der Waals surface area contributed by atoms with E-state index < -0.39 is 28.5 Å². The molecular weight excluding hydrogens is 660 g/mol. The summed E-state index contributed by atoms with van der Waals surface area (Å²) in [6.45, 7) is 3.45. The maximum atomic E-state index is 13.8. The Morgan fingerprint density at radius 2 is 1.66 bits per heavy atom. The number of amides is 2. The molecule has 38 heavy (non-hydrogen) atoms. The number of anilines is 1. The Balaban J connectivity index is 2.02. The van der Waals surface area contributed by atoms with Crippen LogP contribution in [0.3, 0.4) is 0 Å². The van der Waals surface area contributed by atoms with Gasteiger partial charge in [0.15, 0.2) is 0 Å². The minimum atomic E-state index is -4.10. The Morgan fingerprint density at radius 3 is 2.26 bits per heavy atom. The summed E-state index contributed by atoms with van der Waals surface area (Å²) < 4.78 is 29.4. The van der Waals surface area contributed by atoms with Crippen molar-refractivity contribution in [2.45, 2.75) is 37.8 Å². The molecule has 3 aromatic rings. The molecule has 0 saturated heterocycles. The largest absolute Gasteiger partial charge is 0.354 e. The lowest BCUT2D eigenvalue weighted by Crippen LogP contribution is -2.51. The Labute approximate surface area is 247 Å². The average Bonchev–Trinajstić information content (AvgIpc) is 2.90. The summed E-state index contributed by atoms with van der Waals surface area (Å²) in [6, 6.07) is 18.7. The van der Waals surface area contributed by atoms with Crippen molar-refractivity contribution >= 4 is 73.3 Å². The molecule has 0 aliphatic rings. The Bertz CT molecular complexity index is 1370. The van der Waals surface area contributed by atoms with Crippen LogP contribution in [0.15, 0.2) is 77.7 Å². The number of rotatable bonds is 11. The van der Waals surface area contributed by atoms with Crippen LogP contribution in [-0.4, -0.2) is 44.3 Å². The van der Waals surface area contributed by atoms with E-state index in [1.165, 1.54) is 17.0 Å². The first-order valence-corrected chi connectivity index (χ1v) is 15.2. The predicted molar refractivity (Wildman–Crippen MR) is 160 cm³/mol. The van der Waals surface area contributed by atoms with E-state index in [1.54, 1.807) is 67.6 Å². The maximum absolute atomic E-state index is 13.8. The van der Waals surface area contributed by atoms with Gasteiger partial charge in [-0.05, 0) is 90.0 Å². The number of hydrogen-bond acceptors (Lipinski definition) is 4. The summed E-state index contributed by atoms with van der Waals surface area (Å²) in [6.07, 6.45) is 0.728. The lowest BCUT2D eigenvalue weighted by atomic mass is 10.1. The van der Waals surface area contributed by atoms with Crippen molar-refractivity contribution in [3.05, 3.63) is 92.0 Å². The smallest absolute Gasteiger partial charge is 0.264 e. The van der Waals surface area contributed by atoms with Gasteiger partial charge in [0.2, 0.25) is 11.8 Å². The van der Waals surface area contributed by atoms with E-state index in [-0.39, 0.29) is 17.3 Å². The van der Waals surface area contributed by atoms with Gasteiger partial charge in [-0.15, -0.1) is 0 Å². The Morgan fingerprint density at radius 1 is 1.00 bits per heavy atom. The number of carbonyl (C=O) groups excluding carboxylic acids is 2.